The topological polar surface area (TPSA) is 95.2 Å². The molecule has 0 amide bonds. The van der Waals surface area contributed by atoms with Crippen molar-refractivity contribution >= 4 is 11.0 Å². The van der Waals surface area contributed by atoms with Crippen LogP contribution in [0.25, 0.3) is 96.4 Å². The molecule has 0 unspecified atom stereocenters. The predicted octanol–water partition coefficient (Wildman–Crippen LogP) is 12.2. The molecule has 3 heterocycles. The summed E-state index contributed by atoms with van der Waals surface area (Å²) in [4.78, 5) is 36.0. The summed E-state index contributed by atoms with van der Waals surface area (Å²) < 4.78 is 2.27. The van der Waals surface area contributed by atoms with Crippen LogP contribution in [-0.4, -0.2) is 39.5 Å². The van der Waals surface area contributed by atoms with E-state index >= 15 is 0 Å². The van der Waals surface area contributed by atoms with E-state index in [4.69, 9.17) is 34.9 Å². The Balaban J connectivity index is 1.27. The van der Waals surface area contributed by atoms with Gasteiger partial charge in [-0.1, -0.05) is 166 Å². The number of imidazole rings is 1. The van der Waals surface area contributed by atoms with Crippen molar-refractivity contribution in [3.05, 3.63) is 194 Å². The highest BCUT2D eigenvalue weighted by Crippen LogP contribution is 2.37. The molecule has 0 aliphatic rings. The molecule has 0 saturated carbocycles. The fraction of sp³-hybridized carbons (Fsp3) is 0.0577. The van der Waals surface area contributed by atoms with Gasteiger partial charge in [-0.2, -0.15) is 0 Å². The van der Waals surface area contributed by atoms with E-state index in [1.54, 1.807) is 0 Å². The second-order valence-corrected chi connectivity index (χ2v) is 14.8. The van der Waals surface area contributed by atoms with Gasteiger partial charge in [-0.15, -0.1) is 0 Å². The van der Waals surface area contributed by atoms with Crippen LogP contribution in [-0.2, 0) is 0 Å². The maximum Gasteiger partial charge on any atom is 0.164 e. The van der Waals surface area contributed by atoms with E-state index in [1.807, 2.05) is 127 Å². The van der Waals surface area contributed by atoms with Gasteiger partial charge in [0, 0.05) is 38.9 Å². The van der Waals surface area contributed by atoms with Crippen molar-refractivity contribution in [3.63, 3.8) is 0 Å². The number of aromatic nitrogens is 8. The number of benzene rings is 7. The zero-order chi connectivity index (χ0) is 40.4. The Kier molecular flexibility index (Phi) is 9.55. The molecule has 10 rings (SSSR count). The first-order valence-electron chi connectivity index (χ1n) is 20.0. The Morgan fingerprint density at radius 1 is 0.333 bits per heavy atom. The molecular weight excluding hydrogens is 737 g/mol. The largest absolute Gasteiger partial charge is 0.292 e. The van der Waals surface area contributed by atoms with Crippen LogP contribution in [0.3, 0.4) is 0 Å². The Morgan fingerprint density at radius 3 is 1.12 bits per heavy atom. The molecule has 0 radical (unpaired) electrons. The summed E-state index contributed by atoms with van der Waals surface area (Å²) in [5, 5.41) is 0. The maximum absolute atomic E-state index is 5.35. The quantitative estimate of drug-likeness (QED) is 0.144. The molecule has 0 aliphatic carbocycles. The van der Waals surface area contributed by atoms with Crippen molar-refractivity contribution in [1.29, 1.82) is 0 Å². The Labute approximate surface area is 348 Å². The van der Waals surface area contributed by atoms with Gasteiger partial charge in [0.25, 0.3) is 0 Å². The summed E-state index contributed by atoms with van der Waals surface area (Å²) in [6.45, 7) is 4.45. The van der Waals surface area contributed by atoms with Crippen molar-refractivity contribution in [1.82, 2.24) is 39.5 Å². The van der Waals surface area contributed by atoms with Crippen LogP contribution in [0.15, 0.2) is 188 Å². The van der Waals surface area contributed by atoms with Gasteiger partial charge in [-0.3, -0.25) is 4.57 Å². The zero-order valence-corrected chi connectivity index (χ0v) is 33.1. The normalized spacial score (nSPS) is 11.3. The van der Waals surface area contributed by atoms with Crippen molar-refractivity contribution in [2.24, 2.45) is 0 Å². The highest BCUT2D eigenvalue weighted by Gasteiger charge is 2.22. The van der Waals surface area contributed by atoms with Gasteiger partial charge in [-0.05, 0) is 47.9 Å². The second kappa shape index (κ2) is 15.8. The summed E-state index contributed by atoms with van der Waals surface area (Å²) in [5.41, 5.74) is 10.1. The smallest absolute Gasteiger partial charge is 0.164 e. The molecule has 0 saturated heterocycles. The van der Waals surface area contributed by atoms with Crippen molar-refractivity contribution < 1.29 is 0 Å². The first kappa shape index (κ1) is 36.4. The van der Waals surface area contributed by atoms with Gasteiger partial charge in [0.1, 0.15) is 5.82 Å². The van der Waals surface area contributed by atoms with Crippen LogP contribution < -0.4 is 0 Å². The fourth-order valence-electron chi connectivity index (χ4n) is 7.53. The maximum atomic E-state index is 5.35. The van der Waals surface area contributed by atoms with Crippen LogP contribution in [0.1, 0.15) is 25.3 Å². The van der Waals surface area contributed by atoms with Crippen LogP contribution in [0.4, 0.5) is 0 Å². The molecule has 0 spiro atoms. The minimum absolute atomic E-state index is 0.271. The number of hydrogen-bond acceptors (Lipinski definition) is 7. The van der Waals surface area contributed by atoms with E-state index in [-0.39, 0.29) is 5.92 Å². The molecule has 7 aromatic carbocycles. The first-order valence-corrected chi connectivity index (χ1v) is 20.0. The average molecular weight is 775 g/mol. The van der Waals surface area contributed by atoms with Gasteiger partial charge in [0.05, 0.1) is 16.7 Å². The molecule has 0 aliphatic heterocycles. The molecule has 3 aromatic heterocycles. The monoisotopic (exact) mass is 774 g/mol. The van der Waals surface area contributed by atoms with E-state index in [0.717, 1.165) is 61.5 Å². The minimum atomic E-state index is 0.271. The van der Waals surface area contributed by atoms with E-state index in [2.05, 4.69) is 79.1 Å². The molecule has 8 heteroatoms. The Hall–Kier alpha value is -7.97. The van der Waals surface area contributed by atoms with E-state index in [1.165, 1.54) is 5.56 Å². The molecule has 286 valence electrons. The summed E-state index contributed by atoms with van der Waals surface area (Å²) >= 11 is 0. The highest BCUT2D eigenvalue weighted by molar-refractivity contribution is 5.86. The molecular formula is C52H38N8. The van der Waals surface area contributed by atoms with Crippen LogP contribution >= 0.6 is 0 Å². The molecule has 60 heavy (non-hydrogen) atoms. The highest BCUT2D eigenvalue weighted by atomic mass is 15.1. The number of hydrogen-bond donors (Lipinski definition) is 0. The third kappa shape index (κ3) is 7.11. The molecule has 0 fully saturated rings. The van der Waals surface area contributed by atoms with Gasteiger partial charge in [0.15, 0.2) is 34.9 Å². The average Bonchev–Trinajstić information content (AvgIpc) is 3.72. The van der Waals surface area contributed by atoms with Crippen molar-refractivity contribution in [2.45, 2.75) is 19.8 Å². The van der Waals surface area contributed by atoms with Gasteiger partial charge < -0.3 is 0 Å². The van der Waals surface area contributed by atoms with Crippen LogP contribution in [0, 0.1) is 0 Å². The summed E-state index contributed by atoms with van der Waals surface area (Å²) in [5.74, 6) is 4.35. The van der Waals surface area contributed by atoms with Crippen LogP contribution in [0.2, 0.25) is 0 Å². The van der Waals surface area contributed by atoms with Crippen LogP contribution in [0.5, 0.6) is 0 Å². The number of fused-ring (bicyclic) bond motifs is 1. The summed E-state index contributed by atoms with van der Waals surface area (Å²) in [6, 6.07) is 63.2. The Bertz CT molecular complexity index is 2850. The SMILES string of the molecule is CC(C)c1ccccc1-n1c(-c2cc(-c3nc(-c4ccccc4)nc(-c4ccccc4)n3)cc(-c3nc(-c4ccccc4)nc(-c4ccccc4)n3)c2)nc2ccccc21. The van der Waals surface area contributed by atoms with Crippen molar-refractivity contribution in [2.75, 3.05) is 0 Å². The zero-order valence-electron chi connectivity index (χ0n) is 33.1. The third-order valence-corrected chi connectivity index (χ3v) is 10.5. The lowest BCUT2D eigenvalue weighted by Crippen LogP contribution is -2.05. The van der Waals surface area contributed by atoms with Gasteiger partial charge in [-0.25, -0.2) is 34.9 Å². The molecule has 0 N–H and O–H groups in total. The standard InChI is InChI=1S/C52H38N8/c1-34(2)42-27-15-17-29-44(42)60-45-30-18-16-28-43(45)53-52(60)41-32-39(50-56-46(35-19-7-3-8-20-35)54-47(57-50)36-21-9-4-10-22-36)31-40(33-41)51-58-48(37-23-11-5-12-24-37)55-49(59-51)38-25-13-6-14-26-38/h3-34H,1-2H3. The van der Waals surface area contributed by atoms with E-state index < -0.39 is 0 Å². The Morgan fingerprint density at radius 2 is 0.683 bits per heavy atom. The van der Waals surface area contributed by atoms with Crippen molar-refractivity contribution in [3.8, 4) is 85.4 Å². The summed E-state index contributed by atoms with van der Waals surface area (Å²) in [7, 11) is 0. The third-order valence-electron chi connectivity index (χ3n) is 10.5. The first-order chi connectivity index (χ1) is 29.6. The molecule has 0 bridgehead atoms. The van der Waals surface area contributed by atoms with Gasteiger partial charge in [0.2, 0.25) is 0 Å². The van der Waals surface area contributed by atoms with E-state index in [0.29, 0.717) is 34.9 Å². The lowest BCUT2D eigenvalue weighted by atomic mass is 10.00. The summed E-state index contributed by atoms with van der Waals surface area (Å²) in [6.07, 6.45) is 0. The lowest BCUT2D eigenvalue weighted by Gasteiger charge is -2.17. The minimum Gasteiger partial charge on any atom is -0.292 e. The predicted molar refractivity (Wildman–Crippen MR) is 240 cm³/mol. The number of nitrogens with zero attached hydrogens (tertiary/aromatic N) is 8. The lowest BCUT2D eigenvalue weighted by molar-refractivity contribution is 0.851. The van der Waals surface area contributed by atoms with Gasteiger partial charge >= 0.3 is 0 Å². The van der Waals surface area contributed by atoms with E-state index in [9.17, 15) is 0 Å². The molecule has 0 atom stereocenters. The number of para-hydroxylation sites is 3. The molecule has 10 aromatic rings. The second-order valence-electron chi connectivity index (χ2n) is 14.8. The fourth-order valence-corrected chi connectivity index (χ4v) is 7.53. The molecule has 8 nitrogen and oxygen atoms in total. The number of rotatable bonds is 9.